The van der Waals surface area contributed by atoms with Crippen molar-refractivity contribution in [2.75, 3.05) is 0 Å². The summed E-state index contributed by atoms with van der Waals surface area (Å²) in [5.41, 5.74) is 0.918. The second-order valence-corrected chi connectivity index (χ2v) is 2.63. The molecule has 12 heavy (non-hydrogen) atoms. The molecule has 0 atom stereocenters. The van der Waals surface area contributed by atoms with Gasteiger partial charge in [0.05, 0.1) is 11.9 Å². The Labute approximate surface area is 73.9 Å². The van der Waals surface area contributed by atoms with E-state index in [1.54, 1.807) is 23.4 Å². The standard InChI is InChI=1S/C7H6N4S/c12-7-9-5-11(10-7)6-2-1-3-8-4-6/h1-5H,(H,10,12). The number of nitrogens with one attached hydrogen (secondary N) is 1. The molecule has 0 spiro atoms. The van der Waals surface area contributed by atoms with E-state index in [2.05, 4.69) is 15.1 Å². The summed E-state index contributed by atoms with van der Waals surface area (Å²) < 4.78 is 2.19. The third-order valence-electron chi connectivity index (χ3n) is 1.43. The maximum absolute atomic E-state index is 4.82. The van der Waals surface area contributed by atoms with E-state index in [0.717, 1.165) is 5.69 Å². The van der Waals surface area contributed by atoms with Crippen LogP contribution in [0.1, 0.15) is 0 Å². The zero-order chi connectivity index (χ0) is 8.39. The Hall–Kier alpha value is -1.49. The molecule has 0 aromatic carbocycles. The fraction of sp³-hybridized carbons (Fsp3) is 0. The molecule has 2 rings (SSSR count). The molecule has 0 saturated carbocycles. The van der Waals surface area contributed by atoms with Gasteiger partial charge >= 0.3 is 0 Å². The van der Waals surface area contributed by atoms with E-state index in [4.69, 9.17) is 12.2 Å². The molecule has 0 saturated heterocycles. The molecule has 4 nitrogen and oxygen atoms in total. The Balaban J connectivity index is 2.51. The van der Waals surface area contributed by atoms with Gasteiger partial charge < -0.3 is 0 Å². The minimum atomic E-state index is 0.471. The van der Waals surface area contributed by atoms with E-state index in [1.165, 1.54) is 0 Å². The number of rotatable bonds is 1. The molecule has 1 N–H and O–H groups in total. The lowest BCUT2D eigenvalue weighted by Gasteiger charge is -1.97. The molecule has 0 aliphatic carbocycles. The summed E-state index contributed by atoms with van der Waals surface area (Å²) in [5.74, 6) is 0. The fourth-order valence-corrected chi connectivity index (χ4v) is 1.04. The highest BCUT2D eigenvalue weighted by atomic mass is 32.1. The van der Waals surface area contributed by atoms with Crippen LogP contribution in [-0.2, 0) is 0 Å². The number of aromatic amines is 1. The Bertz CT molecular complexity index is 416. The van der Waals surface area contributed by atoms with Crippen molar-refractivity contribution in [3.63, 3.8) is 0 Å². The van der Waals surface area contributed by atoms with Gasteiger partial charge in [-0.15, -0.1) is 0 Å². The van der Waals surface area contributed by atoms with Gasteiger partial charge in [0.2, 0.25) is 4.77 Å². The average molecular weight is 178 g/mol. The van der Waals surface area contributed by atoms with Crippen molar-refractivity contribution in [3.8, 4) is 5.69 Å². The van der Waals surface area contributed by atoms with Crippen LogP contribution < -0.4 is 0 Å². The summed E-state index contributed by atoms with van der Waals surface area (Å²) in [6.45, 7) is 0. The first-order valence-corrected chi connectivity index (χ1v) is 3.81. The molecule has 0 aliphatic heterocycles. The van der Waals surface area contributed by atoms with Gasteiger partial charge in [-0.05, 0) is 24.4 Å². The molecule has 0 unspecified atom stereocenters. The fourth-order valence-electron chi connectivity index (χ4n) is 0.898. The molecular weight excluding hydrogens is 172 g/mol. The van der Waals surface area contributed by atoms with Gasteiger partial charge in [0.1, 0.15) is 6.33 Å². The predicted octanol–water partition coefficient (Wildman–Crippen LogP) is 1.32. The number of nitrogens with zero attached hydrogens (tertiary/aromatic N) is 3. The second-order valence-electron chi connectivity index (χ2n) is 2.24. The summed E-state index contributed by atoms with van der Waals surface area (Å²) in [4.78, 5) is 7.86. The van der Waals surface area contributed by atoms with Gasteiger partial charge in [-0.1, -0.05) is 0 Å². The Morgan fingerprint density at radius 1 is 1.50 bits per heavy atom. The van der Waals surface area contributed by atoms with Gasteiger partial charge in [0.25, 0.3) is 0 Å². The SMILES string of the molecule is S=c1ncn(-c2cccnc2)[nH]1. The lowest BCUT2D eigenvalue weighted by atomic mass is 10.4. The van der Waals surface area contributed by atoms with Crippen molar-refractivity contribution in [1.82, 2.24) is 19.7 Å². The van der Waals surface area contributed by atoms with E-state index in [1.807, 2.05) is 12.1 Å². The molecule has 2 aromatic heterocycles. The van der Waals surface area contributed by atoms with E-state index in [-0.39, 0.29) is 0 Å². The number of hydrogen-bond donors (Lipinski definition) is 1. The topological polar surface area (TPSA) is 46.5 Å². The number of hydrogen-bond acceptors (Lipinski definition) is 3. The molecule has 2 aromatic rings. The normalized spacial score (nSPS) is 10.0. The summed E-state index contributed by atoms with van der Waals surface area (Å²) in [7, 11) is 0. The number of pyridine rings is 1. The average Bonchev–Trinajstić information content (AvgIpc) is 2.54. The van der Waals surface area contributed by atoms with Crippen LogP contribution in [-0.4, -0.2) is 19.7 Å². The summed E-state index contributed by atoms with van der Waals surface area (Å²) in [5, 5.41) is 2.87. The van der Waals surface area contributed by atoms with Crippen molar-refractivity contribution in [1.29, 1.82) is 0 Å². The van der Waals surface area contributed by atoms with E-state index < -0.39 is 0 Å². The van der Waals surface area contributed by atoms with E-state index in [9.17, 15) is 0 Å². The van der Waals surface area contributed by atoms with Crippen molar-refractivity contribution < 1.29 is 0 Å². The van der Waals surface area contributed by atoms with Crippen LogP contribution in [0, 0.1) is 4.77 Å². The smallest absolute Gasteiger partial charge is 0.213 e. The molecule has 2 heterocycles. The second kappa shape index (κ2) is 2.86. The third-order valence-corrected chi connectivity index (χ3v) is 1.63. The molecule has 0 radical (unpaired) electrons. The first-order valence-electron chi connectivity index (χ1n) is 3.40. The summed E-state index contributed by atoms with van der Waals surface area (Å²) >= 11 is 4.82. The quantitative estimate of drug-likeness (QED) is 0.670. The zero-order valence-corrected chi connectivity index (χ0v) is 6.95. The molecule has 0 aliphatic rings. The minimum absolute atomic E-state index is 0.471. The zero-order valence-electron chi connectivity index (χ0n) is 6.14. The van der Waals surface area contributed by atoms with Crippen molar-refractivity contribution in [2.45, 2.75) is 0 Å². The first kappa shape index (κ1) is 7.17. The summed E-state index contributed by atoms with van der Waals surface area (Å²) in [6.07, 6.45) is 5.07. The molecule has 0 bridgehead atoms. The van der Waals surface area contributed by atoms with Crippen LogP contribution in [0.25, 0.3) is 5.69 Å². The van der Waals surface area contributed by atoms with Crippen LogP contribution in [0.3, 0.4) is 0 Å². The number of H-pyrrole nitrogens is 1. The van der Waals surface area contributed by atoms with Gasteiger partial charge in [0, 0.05) is 6.20 Å². The van der Waals surface area contributed by atoms with Gasteiger partial charge in [-0.25, -0.2) is 9.67 Å². The van der Waals surface area contributed by atoms with E-state index >= 15 is 0 Å². The molecule has 0 fully saturated rings. The molecule has 5 heteroatoms. The molecule has 60 valence electrons. The van der Waals surface area contributed by atoms with Crippen molar-refractivity contribution >= 4 is 12.2 Å². The largest absolute Gasteiger partial charge is 0.267 e. The number of aromatic nitrogens is 4. The monoisotopic (exact) mass is 178 g/mol. The highest BCUT2D eigenvalue weighted by Crippen LogP contribution is 2.00. The first-order chi connectivity index (χ1) is 5.86. The summed E-state index contributed by atoms with van der Waals surface area (Å²) in [6, 6.07) is 3.77. The predicted molar refractivity (Wildman–Crippen MR) is 46.5 cm³/mol. The maximum Gasteiger partial charge on any atom is 0.213 e. The third kappa shape index (κ3) is 1.26. The van der Waals surface area contributed by atoms with Crippen LogP contribution in [0.2, 0.25) is 0 Å². The highest BCUT2D eigenvalue weighted by Gasteiger charge is 1.93. The van der Waals surface area contributed by atoms with Crippen LogP contribution >= 0.6 is 12.2 Å². The van der Waals surface area contributed by atoms with Crippen molar-refractivity contribution in [2.24, 2.45) is 0 Å². The van der Waals surface area contributed by atoms with Crippen LogP contribution in [0.15, 0.2) is 30.9 Å². The van der Waals surface area contributed by atoms with Gasteiger partial charge in [-0.2, -0.15) is 0 Å². The lowest BCUT2D eigenvalue weighted by molar-refractivity contribution is 0.867. The lowest BCUT2D eigenvalue weighted by Crippen LogP contribution is -1.93. The van der Waals surface area contributed by atoms with E-state index in [0.29, 0.717) is 4.77 Å². The molecular formula is C7H6N4S. The maximum atomic E-state index is 4.82. The van der Waals surface area contributed by atoms with Crippen molar-refractivity contribution in [3.05, 3.63) is 35.6 Å². The minimum Gasteiger partial charge on any atom is -0.267 e. The molecule has 0 amide bonds. The van der Waals surface area contributed by atoms with Crippen LogP contribution in [0.4, 0.5) is 0 Å². The highest BCUT2D eigenvalue weighted by molar-refractivity contribution is 7.71. The Morgan fingerprint density at radius 2 is 2.42 bits per heavy atom. The Kier molecular flexibility index (Phi) is 1.71. The van der Waals surface area contributed by atoms with Crippen LogP contribution in [0.5, 0.6) is 0 Å². The van der Waals surface area contributed by atoms with Gasteiger partial charge in [0.15, 0.2) is 0 Å². The Morgan fingerprint density at radius 3 is 3.00 bits per heavy atom. The van der Waals surface area contributed by atoms with Gasteiger partial charge in [-0.3, -0.25) is 10.1 Å².